The van der Waals surface area contributed by atoms with Crippen molar-refractivity contribution in [3.8, 4) is 0 Å². The molecule has 1 aromatic carbocycles. The molecule has 1 N–H and O–H groups in total. The fourth-order valence-electron chi connectivity index (χ4n) is 2.38. The van der Waals surface area contributed by atoms with Crippen molar-refractivity contribution in [3.63, 3.8) is 0 Å². The predicted octanol–water partition coefficient (Wildman–Crippen LogP) is 2.87. The van der Waals surface area contributed by atoms with Gasteiger partial charge in [-0.1, -0.05) is 18.2 Å². The Labute approximate surface area is 118 Å². The molecule has 2 unspecified atom stereocenters. The number of ether oxygens (including phenoxy) is 1. The largest absolute Gasteiger partial charge is 0.444 e. The number of hydrogen-bond donors (Lipinski definition) is 1. The summed E-state index contributed by atoms with van der Waals surface area (Å²) in [5, 5.41) is 9.80. The summed E-state index contributed by atoms with van der Waals surface area (Å²) in [6.45, 7) is 5.48. The molecule has 1 aromatic rings. The Morgan fingerprint density at radius 1 is 1.40 bits per heavy atom. The van der Waals surface area contributed by atoms with Crippen LogP contribution in [0, 0.1) is 5.82 Å². The Kier molecular flexibility index (Phi) is 3.99. The van der Waals surface area contributed by atoms with E-state index in [0.717, 1.165) is 0 Å². The van der Waals surface area contributed by atoms with E-state index in [1.807, 2.05) is 0 Å². The number of carbonyl (C=O) groups is 1. The molecule has 110 valence electrons. The maximum atomic E-state index is 13.9. The number of aliphatic hydroxyl groups excluding tert-OH is 1. The topological polar surface area (TPSA) is 49.8 Å². The summed E-state index contributed by atoms with van der Waals surface area (Å²) in [6, 6.07) is 5.82. The second-order valence-corrected chi connectivity index (χ2v) is 6.06. The minimum absolute atomic E-state index is 0.161. The number of carbonyl (C=O) groups excluding carboxylic acids is 1. The number of β-amino-alcohol motifs (C(OH)–C–C–N with tert-alkyl or cyclic N) is 1. The van der Waals surface area contributed by atoms with Gasteiger partial charge in [0.25, 0.3) is 0 Å². The second-order valence-electron chi connectivity index (χ2n) is 6.06. The van der Waals surface area contributed by atoms with E-state index in [0.29, 0.717) is 12.0 Å². The van der Waals surface area contributed by atoms with Crippen molar-refractivity contribution in [2.24, 2.45) is 0 Å². The van der Waals surface area contributed by atoms with E-state index in [-0.39, 0.29) is 12.4 Å². The zero-order valence-corrected chi connectivity index (χ0v) is 12.0. The minimum Gasteiger partial charge on any atom is -0.444 e. The average Bonchev–Trinajstić information content (AvgIpc) is 2.69. The monoisotopic (exact) mass is 281 g/mol. The summed E-state index contributed by atoms with van der Waals surface area (Å²) in [4.78, 5) is 13.6. The van der Waals surface area contributed by atoms with E-state index >= 15 is 0 Å². The van der Waals surface area contributed by atoms with Crippen LogP contribution >= 0.6 is 0 Å². The number of benzene rings is 1. The van der Waals surface area contributed by atoms with Gasteiger partial charge >= 0.3 is 6.09 Å². The van der Waals surface area contributed by atoms with Gasteiger partial charge in [-0.25, -0.2) is 9.18 Å². The minimum atomic E-state index is -0.660. The number of nitrogens with zero attached hydrogens (tertiary/aromatic N) is 1. The van der Waals surface area contributed by atoms with Crippen molar-refractivity contribution >= 4 is 6.09 Å². The van der Waals surface area contributed by atoms with Gasteiger partial charge in [-0.05, 0) is 33.3 Å². The molecule has 1 aliphatic rings. The maximum absolute atomic E-state index is 13.9. The van der Waals surface area contributed by atoms with Crippen molar-refractivity contribution in [1.29, 1.82) is 0 Å². The predicted molar refractivity (Wildman–Crippen MR) is 72.7 cm³/mol. The molecular formula is C15H20FNO3. The third-order valence-electron chi connectivity index (χ3n) is 3.17. The first-order chi connectivity index (χ1) is 9.28. The van der Waals surface area contributed by atoms with Crippen molar-refractivity contribution in [2.45, 2.75) is 44.9 Å². The first-order valence-electron chi connectivity index (χ1n) is 6.70. The number of aliphatic hydroxyl groups is 1. The van der Waals surface area contributed by atoms with Crippen LogP contribution in [0.1, 0.15) is 38.8 Å². The molecule has 2 atom stereocenters. The first-order valence-corrected chi connectivity index (χ1v) is 6.70. The first kappa shape index (κ1) is 14.8. The summed E-state index contributed by atoms with van der Waals surface area (Å²) in [7, 11) is 0. The number of rotatable bonds is 1. The highest BCUT2D eigenvalue weighted by Gasteiger charge is 2.38. The quantitative estimate of drug-likeness (QED) is 0.861. The van der Waals surface area contributed by atoms with Crippen molar-refractivity contribution in [3.05, 3.63) is 35.6 Å². The molecule has 1 heterocycles. The van der Waals surface area contributed by atoms with Crippen LogP contribution in [0.5, 0.6) is 0 Å². The molecule has 0 aliphatic carbocycles. The molecule has 2 rings (SSSR count). The Balaban J connectivity index is 2.23. The van der Waals surface area contributed by atoms with E-state index in [4.69, 9.17) is 4.74 Å². The Morgan fingerprint density at radius 3 is 2.65 bits per heavy atom. The lowest BCUT2D eigenvalue weighted by Crippen LogP contribution is -2.37. The van der Waals surface area contributed by atoms with Crippen LogP contribution in [0.15, 0.2) is 24.3 Å². The van der Waals surface area contributed by atoms with Gasteiger partial charge < -0.3 is 9.84 Å². The lowest BCUT2D eigenvalue weighted by atomic mass is 10.0. The fourth-order valence-corrected chi connectivity index (χ4v) is 2.38. The van der Waals surface area contributed by atoms with E-state index < -0.39 is 23.8 Å². The second kappa shape index (κ2) is 5.40. The molecule has 1 saturated heterocycles. The van der Waals surface area contributed by atoms with E-state index in [1.165, 1.54) is 11.0 Å². The number of hydrogen-bond acceptors (Lipinski definition) is 3. The standard InChI is InChI=1S/C15H20FNO3/c1-15(2,3)20-14(19)17-9-10(18)8-13(17)11-6-4-5-7-12(11)16/h4-7,10,13,18H,8-9H2,1-3H3. The van der Waals surface area contributed by atoms with Gasteiger partial charge in [0.15, 0.2) is 0 Å². The summed E-state index contributed by atoms with van der Waals surface area (Å²) in [6.07, 6.45) is -0.866. The molecule has 1 fully saturated rings. The summed E-state index contributed by atoms with van der Waals surface area (Å²) < 4.78 is 19.2. The van der Waals surface area contributed by atoms with Crippen LogP contribution in [-0.4, -0.2) is 34.3 Å². The lowest BCUT2D eigenvalue weighted by Gasteiger charge is -2.28. The molecule has 0 bridgehead atoms. The molecule has 5 heteroatoms. The van der Waals surface area contributed by atoms with Gasteiger partial charge in [-0.2, -0.15) is 0 Å². The van der Waals surface area contributed by atoms with Crippen molar-refractivity contribution in [1.82, 2.24) is 4.90 Å². The van der Waals surface area contributed by atoms with E-state index in [2.05, 4.69) is 0 Å². The van der Waals surface area contributed by atoms with Gasteiger partial charge in [-0.3, -0.25) is 4.90 Å². The van der Waals surface area contributed by atoms with Crippen LogP contribution < -0.4 is 0 Å². The summed E-state index contributed by atoms with van der Waals surface area (Å²) in [5.74, 6) is -0.375. The van der Waals surface area contributed by atoms with Crippen LogP contribution in [0.4, 0.5) is 9.18 Å². The van der Waals surface area contributed by atoms with Crippen LogP contribution in [0.25, 0.3) is 0 Å². The molecule has 20 heavy (non-hydrogen) atoms. The molecule has 0 aromatic heterocycles. The summed E-state index contributed by atoms with van der Waals surface area (Å²) >= 11 is 0. The van der Waals surface area contributed by atoms with Crippen LogP contribution in [0.3, 0.4) is 0 Å². The SMILES string of the molecule is CC(C)(C)OC(=O)N1CC(O)CC1c1ccccc1F. The van der Waals surface area contributed by atoms with Crippen LogP contribution in [-0.2, 0) is 4.74 Å². The highest BCUT2D eigenvalue weighted by molar-refractivity contribution is 5.69. The van der Waals surface area contributed by atoms with Gasteiger partial charge in [-0.15, -0.1) is 0 Å². The lowest BCUT2D eigenvalue weighted by molar-refractivity contribution is 0.0204. The smallest absolute Gasteiger partial charge is 0.410 e. The molecule has 1 amide bonds. The highest BCUT2D eigenvalue weighted by Crippen LogP contribution is 2.34. The summed E-state index contributed by atoms with van der Waals surface area (Å²) in [5.41, 5.74) is -0.209. The van der Waals surface area contributed by atoms with Gasteiger partial charge in [0.2, 0.25) is 0 Å². The Morgan fingerprint density at radius 2 is 2.05 bits per heavy atom. The molecule has 0 saturated carbocycles. The van der Waals surface area contributed by atoms with Gasteiger partial charge in [0, 0.05) is 5.56 Å². The van der Waals surface area contributed by atoms with Crippen molar-refractivity contribution < 1.29 is 19.0 Å². The van der Waals surface area contributed by atoms with Crippen LogP contribution in [0.2, 0.25) is 0 Å². The Hall–Kier alpha value is -1.62. The number of likely N-dealkylation sites (tertiary alicyclic amines) is 1. The molecule has 0 spiro atoms. The molecular weight excluding hydrogens is 261 g/mol. The molecule has 0 radical (unpaired) electrons. The molecule has 4 nitrogen and oxygen atoms in total. The highest BCUT2D eigenvalue weighted by atomic mass is 19.1. The van der Waals surface area contributed by atoms with E-state index in [1.54, 1.807) is 39.0 Å². The zero-order chi connectivity index (χ0) is 14.9. The zero-order valence-electron chi connectivity index (χ0n) is 12.0. The third-order valence-corrected chi connectivity index (χ3v) is 3.17. The average molecular weight is 281 g/mol. The fraction of sp³-hybridized carbons (Fsp3) is 0.533. The number of amides is 1. The number of halogens is 1. The molecule has 1 aliphatic heterocycles. The van der Waals surface area contributed by atoms with Crippen molar-refractivity contribution in [2.75, 3.05) is 6.54 Å². The van der Waals surface area contributed by atoms with Gasteiger partial charge in [0.1, 0.15) is 11.4 Å². The van der Waals surface area contributed by atoms with Gasteiger partial charge in [0.05, 0.1) is 18.7 Å². The maximum Gasteiger partial charge on any atom is 0.410 e. The third kappa shape index (κ3) is 3.28. The normalized spacial score (nSPS) is 22.9. The Bertz CT molecular complexity index is 498. The van der Waals surface area contributed by atoms with E-state index in [9.17, 15) is 14.3 Å².